The molecule has 1 heterocycles. The summed E-state index contributed by atoms with van der Waals surface area (Å²) < 4.78 is 0. The summed E-state index contributed by atoms with van der Waals surface area (Å²) in [7, 11) is 0. The Balaban J connectivity index is 1.78. The minimum absolute atomic E-state index is 0.370. The molecule has 1 saturated heterocycles. The molecule has 0 aromatic heterocycles. The fourth-order valence-corrected chi connectivity index (χ4v) is 2.96. The third-order valence-electron chi connectivity index (χ3n) is 3.93. The van der Waals surface area contributed by atoms with Crippen LogP contribution in [0.2, 0.25) is 0 Å². The largest absolute Gasteiger partial charge is 0.314 e. The van der Waals surface area contributed by atoms with Gasteiger partial charge in [0.05, 0.1) is 0 Å². The van der Waals surface area contributed by atoms with E-state index in [1.165, 1.54) is 38.6 Å². The smallest absolute Gasteiger partial charge is 0.123 e. The van der Waals surface area contributed by atoms with Crippen molar-refractivity contribution in [3.63, 3.8) is 0 Å². The van der Waals surface area contributed by atoms with Crippen LogP contribution in [0, 0.1) is 11.8 Å². The van der Waals surface area contributed by atoms with Crippen molar-refractivity contribution in [2.24, 2.45) is 11.8 Å². The lowest BCUT2D eigenvalue weighted by Gasteiger charge is -2.35. The first-order chi connectivity index (χ1) is 6.90. The molecule has 2 heteroatoms. The summed E-state index contributed by atoms with van der Waals surface area (Å²) in [5.41, 5.74) is 0. The second-order valence-corrected chi connectivity index (χ2v) is 4.87. The highest BCUT2D eigenvalue weighted by molar-refractivity contribution is 5.53. The van der Waals surface area contributed by atoms with Gasteiger partial charge in [0.1, 0.15) is 6.29 Å². The van der Waals surface area contributed by atoms with E-state index in [-0.39, 0.29) is 0 Å². The van der Waals surface area contributed by atoms with Gasteiger partial charge in [-0.05, 0) is 51.0 Å². The maximum atomic E-state index is 10.6. The maximum absolute atomic E-state index is 10.6. The molecular formula is C12H21NO. The molecule has 0 bridgehead atoms. The Morgan fingerprint density at radius 2 is 1.79 bits per heavy atom. The summed E-state index contributed by atoms with van der Waals surface area (Å²) in [6.45, 7) is 1.21. The van der Waals surface area contributed by atoms with Gasteiger partial charge in [-0.25, -0.2) is 0 Å². The summed E-state index contributed by atoms with van der Waals surface area (Å²) >= 11 is 0. The first-order valence-electron chi connectivity index (χ1n) is 6.09. The molecular weight excluding hydrogens is 174 g/mol. The van der Waals surface area contributed by atoms with Crippen molar-refractivity contribution in [2.45, 2.75) is 51.0 Å². The molecule has 80 valence electrons. The lowest BCUT2D eigenvalue weighted by Crippen LogP contribution is -2.41. The number of piperidine rings is 1. The van der Waals surface area contributed by atoms with Gasteiger partial charge in [0.2, 0.25) is 0 Å². The van der Waals surface area contributed by atoms with Gasteiger partial charge in [0.15, 0.2) is 0 Å². The zero-order valence-electron chi connectivity index (χ0n) is 8.87. The van der Waals surface area contributed by atoms with Gasteiger partial charge in [0, 0.05) is 12.0 Å². The average molecular weight is 195 g/mol. The molecule has 0 aromatic carbocycles. The van der Waals surface area contributed by atoms with E-state index in [0.29, 0.717) is 5.92 Å². The third kappa shape index (κ3) is 2.35. The van der Waals surface area contributed by atoms with Gasteiger partial charge < -0.3 is 10.1 Å². The number of carbonyl (C=O) groups is 1. The quantitative estimate of drug-likeness (QED) is 0.684. The lowest BCUT2D eigenvalue weighted by atomic mass is 9.77. The monoisotopic (exact) mass is 195 g/mol. The summed E-state index contributed by atoms with van der Waals surface area (Å²) in [5, 5.41) is 3.63. The highest BCUT2D eigenvalue weighted by atomic mass is 16.1. The Labute approximate surface area is 86.5 Å². The predicted octanol–water partition coefficient (Wildman–Crippen LogP) is 2.13. The van der Waals surface area contributed by atoms with Crippen LogP contribution in [0.5, 0.6) is 0 Å². The molecule has 2 nitrogen and oxygen atoms in total. The number of nitrogens with one attached hydrogen (secondary N) is 1. The fraction of sp³-hybridized carbons (Fsp3) is 0.917. The van der Waals surface area contributed by atoms with Crippen LogP contribution in [-0.2, 0) is 4.79 Å². The van der Waals surface area contributed by atoms with Crippen LogP contribution < -0.4 is 5.32 Å². The highest BCUT2D eigenvalue weighted by Crippen LogP contribution is 2.32. The second-order valence-electron chi connectivity index (χ2n) is 4.87. The molecule has 1 aliphatic heterocycles. The molecule has 1 N–H and O–H groups in total. The van der Waals surface area contributed by atoms with Gasteiger partial charge in [-0.2, -0.15) is 0 Å². The fourth-order valence-electron chi connectivity index (χ4n) is 2.96. The van der Waals surface area contributed by atoms with Gasteiger partial charge in [-0.1, -0.05) is 6.42 Å². The molecule has 0 aromatic rings. The van der Waals surface area contributed by atoms with Gasteiger partial charge in [-0.15, -0.1) is 0 Å². The number of hydrogen-bond acceptors (Lipinski definition) is 2. The Kier molecular flexibility index (Phi) is 3.57. The summed E-state index contributed by atoms with van der Waals surface area (Å²) in [4.78, 5) is 10.6. The van der Waals surface area contributed by atoms with E-state index in [4.69, 9.17) is 0 Å². The lowest BCUT2D eigenvalue weighted by molar-refractivity contribution is -0.112. The number of aldehydes is 1. The van der Waals surface area contributed by atoms with E-state index in [1.807, 2.05) is 0 Å². The van der Waals surface area contributed by atoms with E-state index < -0.39 is 0 Å². The SMILES string of the molecule is O=CC1CCC(C2CCCCN2)CC1. The highest BCUT2D eigenvalue weighted by Gasteiger charge is 2.27. The Morgan fingerprint density at radius 1 is 1.00 bits per heavy atom. The van der Waals surface area contributed by atoms with E-state index in [0.717, 1.165) is 31.1 Å². The van der Waals surface area contributed by atoms with E-state index in [2.05, 4.69) is 5.32 Å². The molecule has 0 radical (unpaired) electrons. The minimum Gasteiger partial charge on any atom is -0.314 e. The summed E-state index contributed by atoms with van der Waals surface area (Å²) in [5.74, 6) is 1.22. The third-order valence-corrected chi connectivity index (χ3v) is 3.93. The molecule has 2 aliphatic rings. The van der Waals surface area contributed by atoms with Crippen LogP contribution in [0.25, 0.3) is 0 Å². The molecule has 2 fully saturated rings. The number of hydrogen-bond donors (Lipinski definition) is 1. The van der Waals surface area contributed by atoms with Crippen molar-refractivity contribution in [1.29, 1.82) is 0 Å². The first-order valence-corrected chi connectivity index (χ1v) is 6.09. The van der Waals surface area contributed by atoms with Crippen LogP contribution >= 0.6 is 0 Å². The van der Waals surface area contributed by atoms with Crippen molar-refractivity contribution in [3.05, 3.63) is 0 Å². The van der Waals surface area contributed by atoms with E-state index in [9.17, 15) is 4.79 Å². The Hall–Kier alpha value is -0.370. The van der Waals surface area contributed by atoms with Crippen LogP contribution in [0.3, 0.4) is 0 Å². The average Bonchev–Trinajstić information content (AvgIpc) is 2.30. The topological polar surface area (TPSA) is 29.1 Å². The molecule has 1 unspecified atom stereocenters. The first kappa shape index (κ1) is 10.2. The summed E-state index contributed by atoms with van der Waals surface area (Å²) in [6.07, 6.45) is 10.0. The van der Waals surface area contributed by atoms with Crippen molar-refractivity contribution in [1.82, 2.24) is 5.32 Å². The summed E-state index contributed by atoms with van der Waals surface area (Å²) in [6, 6.07) is 0.761. The molecule has 14 heavy (non-hydrogen) atoms. The molecule has 0 amide bonds. The zero-order valence-corrected chi connectivity index (χ0v) is 8.87. The second kappa shape index (κ2) is 4.92. The van der Waals surface area contributed by atoms with Crippen molar-refractivity contribution in [2.75, 3.05) is 6.54 Å². The van der Waals surface area contributed by atoms with Crippen LogP contribution in [0.15, 0.2) is 0 Å². The predicted molar refractivity (Wildman–Crippen MR) is 57.2 cm³/mol. The zero-order chi connectivity index (χ0) is 9.80. The maximum Gasteiger partial charge on any atom is 0.123 e. The number of carbonyl (C=O) groups excluding carboxylic acids is 1. The van der Waals surface area contributed by atoms with Crippen molar-refractivity contribution >= 4 is 6.29 Å². The van der Waals surface area contributed by atoms with Crippen LogP contribution in [-0.4, -0.2) is 18.9 Å². The standard InChI is InChI=1S/C12H21NO/c14-9-10-4-6-11(7-5-10)12-3-1-2-8-13-12/h9-13H,1-8H2. The normalized spacial score (nSPS) is 39.3. The number of rotatable bonds is 2. The Morgan fingerprint density at radius 3 is 2.36 bits per heavy atom. The van der Waals surface area contributed by atoms with Crippen LogP contribution in [0.1, 0.15) is 44.9 Å². The molecule has 1 atom stereocenters. The van der Waals surface area contributed by atoms with Gasteiger partial charge in [-0.3, -0.25) is 0 Å². The Bertz CT molecular complexity index is 179. The van der Waals surface area contributed by atoms with E-state index in [1.54, 1.807) is 0 Å². The van der Waals surface area contributed by atoms with E-state index >= 15 is 0 Å². The minimum atomic E-state index is 0.370. The molecule has 0 spiro atoms. The van der Waals surface area contributed by atoms with Crippen molar-refractivity contribution in [3.8, 4) is 0 Å². The van der Waals surface area contributed by atoms with Crippen LogP contribution in [0.4, 0.5) is 0 Å². The molecule has 1 aliphatic carbocycles. The molecule has 1 saturated carbocycles. The van der Waals surface area contributed by atoms with Crippen molar-refractivity contribution < 1.29 is 4.79 Å². The molecule has 2 rings (SSSR count). The van der Waals surface area contributed by atoms with Gasteiger partial charge >= 0.3 is 0 Å². The van der Waals surface area contributed by atoms with Gasteiger partial charge in [0.25, 0.3) is 0 Å².